The lowest BCUT2D eigenvalue weighted by Crippen LogP contribution is -2.18. The first kappa shape index (κ1) is 13.5. The molecule has 0 radical (unpaired) electrons. The SMILES string of the molecule is CNC(Cc1cccc(F)c1Cl)c1sccc1C. The smallest absolute Gasteiger partial charge is 0.142 e. The first-order chi connectivity index (χ1) is 8.63. The van der Waals surface area contributed by atoms with Crippen molar-refractivity contribution in [2.45, 2.75) is 19.4 Å². The molecule has 0 saturated heterocycles. The van der Waals surface area contributed by atoms with Gasteiger partial charge in [-0.3, -0.25) is 0 Å². The van der Waals surface area contributed by atoms with Crippen molar-refractivity contribution >= 4 is 22.9 Å². The molecule has 0 saturated carbocycles. The van der Waals surface area contributed by atoms with Crippen molar-refractivity contribution in [1.82, 2.24) is 5.32 Å². The van der Waals surface area contributed by atoms with Crippen molar-refractivity contribution < 1.29 is 4.39 Å². The van der Waals surface area contributed by atoms with Gasteiger partial charge in [0.2, 0.25) is 0 Å². The molecule has 1 atom stereocenters. The van der Waals surface area contributed by atoms with Gasteiger partial charge in [0.15, 0.2) is 0 Å². The number of nitrogens with one attached hydrogen (secondary N) is 1. The molecule has 1 unspecified atom stereocenters. The van der Waals surface area contributed by atoms with Crippen LogP contribution in [0.5, 0.6) is 0 Å². The first-order valence-electron chi connectivity index (χ1n) is 5.77. The highest BCUT2D eigenvalue weighted by Gasteiger charge is 2.16. The third-order valence-corrected chi connectivity index (χ3v) is 4.58. The average Bonchev–Trinajstić information content (AvgIpc) is 2.77. The second-order valence-corrected chi connectivity index (χ2v) is 5.55. The van der Waals surface area contributed by atoms with Crippen molar-refractivity contribution in [2.24, 2.45) is 0 Å². The minimum Gasteiger partial charge on any atom is -0.312 e. The van der Waals surface area contributed by atoms with Gasteiger partial charge in [0, 0.05) is 10.9 Å². The maximum Gasteiger partial charge on any atom is 0.142 e. The van der Waals surface area contributed by atoms with E-state index in [1.807, 2.05) is 13.1 Å². The highest BCUT2D eigenvalue weighted by atomic mass is 35.5. The number of aryl methyl sites for hydroxylation is 1. The van der Waals surface area contributed by atoms with Gasteiger partial charge in [-0.25, -0.2) is 4.39 Å². The van der Waals surface area contributed by atoms with Crippen LogP contribution < -0.4 is 5.32 Å². The molecule has 18 heavy (non-hydrogen) atoms. The molecule has 0 bridgehead atoms. The number of hydrogen-bond acceptors (Lipinski definition) is 2. The maximum absolute atomic E-state index is 13.4. The lowest BCUT2D eigenvalue weighted by atomic mass is 10.0. The van der Waals surface area contributed by atoms with E-state index in [-0.39, 0.29) is 16.9 Å². The van der Waals surface area contributed by atoms with Gasteiger partial charge in [-0.2, -0.15) is 0 Å². The summed E-state index contributed by atoms with van der Waals surface area (Å²) < 4.78 is 13.4. The summed E-state index contributed by atoms with van der Waals surface area (Å²) in [6, 6.07) is 7.22. The summed E-state index contributed by atoms with van der Waals surface area (Å²) in [5, 5.41) is 5.57. The maximum atomic E-state index is 13.4. The third kappa shape index (κ3) is 2.74. The Labute approximate surface area is 116 Å². The van der Waals surface area contributed by atoms with Crippen LogP contribution >= 0.6 is 22.9 Å². The van der Waals surface area contributed by atoms with Gasteiger partial charge >= 0.3 is 0 Å². The lowest BCUT2D eigenvalue weighted by Gasteiger charge is -2.17. The van der Waals surface area contributed by atoms with Crippen LogP contribution in [0.3, 0.4) is 0 Å². The zero-order chi connectivity index (χ0) is 13.1. The minimum absolute atomic E-state index is 0.171. The summed E-state index contributed by atoms with van der Waals surface area (Å²) in [7, 11) is 1.91. The van der Waals surface area contributed by atoms with E-state index in [2.05, 4.69) is 23.7 Å². The Morgan fingerprint density at radius 1 is 1.39 bits per heavy atom. The molecule has 2 rings (SSSR count). The summed E-state index contributed by atoms with van der Waals surface area (Å²) >= 11 is 7.71. The topological polar surface area (TPSA) is 12.0 Å². The van der Waals surface area contributed by atoms with Crippen molar-refractivity contribution in [3.05, 3.63) is 56.5 Å². The van der Waals surface area contributed by atoms with E-state index in [4.69, 9.17) is 11.6 Å². The molecular formula is C14H15ClFNS. The molecule has 1 aromatic heterocycles. The number of halogens is 2. The predicted octanol–water partition coefficient (Wildman–Crippen LogP) is 4.35. The molecule has 0 spiro atoms. The molecule has 0 fully saturated rings. The van der Waals surface area contributed by atoms with E-state index in [1.165, 1.54) is 16.5 Å². The van der Waals surface area contributed by atoms with Crippen LogP contribution in [0, 0.1) is 12.7 Å². The van der Waals surface area contributed by atoms with Gasteiger partial charge in [0.25, 0.3) is 0 Å². The van der Waals surface area contributed by atoms with Gasteiger partial charge in [-0.15, -0.1) is 11.3 Å². The normalized spacial score (nSPS) is 12.7. The summed E-state index contributed by atoms with van der Waals surface area (Å²) in [4.78, 5) is 1.28. The molecule has 1 nitrogen and oxygen atoms in total. The molecule has 1 N–H and O–H groups in total. The van der Waals surface area contributed by atoms with Crippen LogP contribution in [0.1, 0.15) is 22.0 Å². The van der Waals surface area contributed by atoms with Crippen LogP contribution in [-0.2, 0) is 6.42 Å². The fourth-order valence-corrected chi connectivity index (χ4v) is 3.23. The first-order valence-corrected chi connectivity index (χ1v) is 7.03. The van der Waals surface area contributed by atoms with Crippen molar-refractivity contribution in [2.75, 3.05) is 7.05 Å². The Bertz CT molecular complexity index is 538. The second-order valence-electron chi connectivity index (χ2n) is 4.23. The molecule has 1 heterocycles. The zero-order valence-electron chi connectivity index (χ0n) is 10.3. The van der Waals surface area contributed by atoms with Crippen LogP contribution in [0.2, 0.25) is 5.02 Å². The zero-order valence-corrected chi connectivity index (χ0v) is 11.9. The van der Waals surface area contributed by atoms with Crippen molar-refractivity contribution in [3.8, 4) is 0 Å². The number of benzene rings is 1. The molecule has 96 valence electrons. The van der Waals surface area contributed by atoms with Crippen molar-refractivity contribution in [3.63, 3.8) is 0 Å². The Kier molecular flexibility index (Phi) is 4.38. The van der Waals surface area contributed by atoms with E-state index < -0.39 is 0 Å². The van der Waals surface area contributed by atoms with Crippen LogP contribution in [0.15, 0.2) is 29.6 Å². The molecule has 0 amide bonds. The van der Waals surface area contributed by atoms with Crippen molar-refractivity contribution in [1.29, 1.82) is 0 Å². The summed E-state index contributed by atoms with van der Waals surface area (Å²) in [5.41, 5.74) is 2.09. The molecule has 2 aromatic rings. The Hall–Kier alpha value is -0.900. The standard InChI is InChI=1S/C14H15ClFNS/c1-9-6-7-18-14(9)12(17-2)8-10-4-3-5-11(16)13(10)15/h3-7,12,17H,8H2,1-2H3. The van der Waals surface area contributed by atoms with Gasteiger partial charge in [-0.05, 0) is 49.0 Å². The average molecular weight is 284 g/mol. The van der Waals surface area contributed by atoms with Crippen LogP contribution in [0.25, 0.3) is 0 Å². The van der Waals surface area contributed by atoms with Gasteiger partial charge < -0.3 is 5.32 Å². The van der Waals surface area contributed by atoms with E-state index >= 15 is 0 Å². The summed E-state index contributed by atoms with van der Waals surface area (Å²) in [6.45, 7) is 2.09. The molecule has 0 aliphatic heterocycles. The van der Waals surface area contributed by atoms with Gasteiger partial charge in [0.05, 0.1) is 5.02 Å². The van der Waals surface area contributed by atoms with Gasteiger partial charge in [-0.1, -0.05) is 23.7 Å². The third-order valence-electron chi connectivity index (χ3n) is 3.02. The quantitative estimate of drug-likeness (QED) is 0.879. The Morgan fingerprint density at radius 2 is 2.17 bits per heavy atom. The van der Waals surface area contributed by atoms with E-state index in [0.717, 1.165) is 5.56 Å². The molecule has 0 aliphatic rings. The van der Waals surface area contributed by atoms with Crippen LogP contribution in [-0.4, -0.2) is 7.05 Å². The lowest BCUT2D eigenvalue weighted by molar-refractivity contribution is 0.590. The van der Waals surface area contributed by atoms with E-state index in [9.17, 15) is 4.39 Å². The fourth-order valence-electron chi connectivity index (χ4n) is 1.99. The molecule has 0 aliphatic carbocycles. The number of likely N-dealkylation sites (N-methyl/N-ethyl adjacent to an activating group) is 1. The summed E-state index contributed by atoms with van der Waals surface area (Å²) in [5.74, 6) is -0.355. The summed E-state index contributed by atoms with van der Waals surface area (Å²) in [6.07, 6.45) is 0.689. The number of rotatable bonds is 4. The van der Waals surface area contributed by atoms with Gasteiger partial charge in [0.1, 0.15) is 5.82 Å². The fraction of sp³-hybridized carbons (Fsp3) is 0.286. The predicted molar refractivity (Wildman–Crippen MR) is 76.0 cm³/mol. The Balaban J connectivity index is 2.26. The van der Waals surface area contributed by atoms with Crippen LogP contribution in [0.4, 0.5) is 4.39 Å². The number of hydrogen-bond donors (Lipinski definition) is 1. The largest absolute Gasteiger partial charge is 0.312 e. The van der Waals surface area contributed by atoms with E-state index in [1.54, 1.807) is 17.4 Å². The minimum atomic E-state index is -0.355. The highest BCUT2D eigenvalue weighted by Crippen LogP contribution is 2.29. The molecular weight excluding hydrogens is 269 g/mol. The Morgan fingerprint density at radius 3 is 2.78 bits per heavy atom. The number of thiophene rings is 1. The monoisotopic (exact) mass is 283 g/mol. The molecule has 1 aromatic carbocycles. The van der Waals surface area contributed by atoms with E-state index in [0.29, 0.717) is 6.42 Å². The highest BCUT2D eigenvalue weighted by molar-refractivity contribution is 7.10. The molecule has 4 heteroatoms. The second kappa shape index (κ2) is 5.83.